The second kappa shape index (κ2) is 4.52. The Hall–Kier alpha value is -2.13. The molecule has 1 amide bonds. The zero-order valence-corrected chi connectivity index (χ0v) is 10.7. The molecule has 0 radical (unpaired) electrons. The Kier molecular flexibility index (Phi) is 2.84. The zero-order chi connectivity index (χ0) is 13.3. The van der Waals surface area contributed by atoms with E-state index in [9.17, 15) is 4.79 Å². The van der Waals surface area contributed by atoms with Gasteiger partial charge in [0.15, 0.2) is 0 Å². The van der Waals surface area contributed by atoms with Crippen molar-refractivity contribution in [3.05, 3.63) is 65.7 Å². The van der Waals surface area contributed by atoms with E-state index in [1.165, 1.54) is 0 Å². The van der Waals surface area contributed by atoms with Crippen LogP contribution in [0.5, 0.6) is 0 Å². The number of ether oxygens (including phenoxy) is 1. The van der Waals surface area contributed by atoms with Crippen LogP contribution in [0.1, 0.15) is 18.1 Å². The Balaban J connectivity index is 2.19. The molecule has 3 heteroatoms. The highest BCUT2D eigenvalue weighted by molar-refractivity contribution is 5.93. The standard InChI is InChI=1S/C16H15NO2/c1-16(12-7-3-2-4-8-12)13-9-5-6-10-14(13)17-15(18)11-19-16/h2-10H,11H2,1H3,(H,17,18). The van der Waals surface area contributed by atoms with Gasteiger partial charge in [-0.25, -0.2) is 0 Å². The number of hydrogen-bond acceptors (Lipinski definition) is 2. The van der Waals surface area contributed by atoms with Gasteiger partial charge in [0, 0.05) is 11.3 Å². The average Bonchev–Trinajstić information content (AvgIpc) is 2.58. The number of carbonyl (C=O) groups excluding carboxylic acids is 1. The number of amides is 1. The van der Waals surface area contributed by atoms with Crippen molar-refractivity contribution in [1.29, 1.82) is 0 Å². The average molecular weight is 253 g/mol. The van der Waals surface area contributed by atoms with E-state index < -0.39 is 5.60 Å². The molecular weight excluding hydrogens is 238 g/mol. The molecule has 0 aliphatic carbocycles. The highest BCUT2D eigenvalue weighted by atomic mass is 16.5. The van der Waals surface area contributed by atoms with Gasteiger partial charge in [0.1, 0.15) is 12.2 Å². The number of fused-ring (bicyclic) bond motifs is 1. The first-order valence-corrected chi connectivity index (χ1v) is 6.29. The van der Waals surface area contributed by atoms with Gasteiger partial charge in [-0.3, -0.25) is 4.79 Å². The maximum Gasteiger partial charge on any atom is 0.250 e. The molecular formula is C16H15NO2. The van der Waals surface area contributed by atoms with Crippen LogP contribution in [-0.2, 0) is 15.1 Å². The molecule has 3 rings (SSSR count). The third-order valence-corrected chi connectivity index (χ3v) is 3.53. The lowest BCUT2D eigenvalue weighted by molar-refractivity contribution is -0.124. The third-order valence-electron chi connectivity index (χ3n) is 3.53. The molecule has 0 saturated heterocycles. The number of nitrogens with one attached hydrogen (secondary N) is 1. The molecule has 2 aromatic rings. The molecule has 19 heavy (non-hydrogen) atoms. The van der Waals surface area contributed by atoms with Crippen LogP contribution in [-0.4, -0.2) is 12.5 Å². The van der Waals surface area contributed by atoms with Gasteiger partial charge in [0.25, 0.3) is 0 Å². The largest absolute Gasteiger partial charge is 0.356 e. The smallest absolute Gasteiger partial charge is 0.250 e. The lowest BCUT2D eigenvalue weighted by Gasteiger charge is -2.30. The topological polar surface area (TPSA) is 38.3 Å². The monoisotopic (exact) mass is 253 g/mol. The molecule has 1 aliphatic heterocycles. The quantitative estimate of drug-likeness (QED) is 0.848. The normalized spacial score (nSPS) is 22.3. The molecule has 1 unspecified atom stereocenters. The van der Waals surface area contributed by atoms with Crippen LogP contribution >= 0.6 is 0 Å². The van der Waals surface area contributed by atoms with Crippen molar-refractivity contribution in [3.63, 3.8) is 0 Å². The summed E-state index contributed by atoms with van der Waals surface area (Å²) in [4.78, 5) is 11.7. The molecule has 0 fully saturated rings. The van der Waals surface area contributed by atoms with Crippen LogP contribution in [0.15, 0.2) is 54.6 Å². The van der Waals surface area contributed by atoms with Crippen LogP contribution < -0.4 is 5.32 Å². The van der Waals surface area contributed by atoms with E-state index in [1.54, 1.807) is 0 Å². The molecule has 0 bridgehead atoms. The number of hydrogen-bond donors (Lipinski definition) is 1. The van der Waals surface area contributed by atoms with E-state index in [0.29, 0.717) is 0 Å². The lowest BCUT2D eigenvalue weighted by atomic mass is 9.87. The summed E-state index contributed by atoms with van der Waals surface area (Å²) < 4.78 is 5.90. The minimum atomic E-state index is -0.614. The molecule has 0 saturated carbocycles. The van der Waals surface area contributed by atoms with E-state index in [1.807, 2.05) is 61.5 Å². The fourth-order valence-corrected chi connectivity index (χ4v) is 2.48. The highest BCUT2D eigenvalue weighted by Gasteiger charge is 2.35. The summed E-state index contributed by atoms with van der Waals surface area (Å²) >= 11 is 0. The third kappa shape index (κ3) is 2.02. The van der Waals surface area contributed by atoms with Crippen LogP contribution in [0.2, 0.25) is 0 Å². The number of rotatable bonds is 1. The fourth-order valence-electron chi connectivity index (χ4n) is 2.48. The van der Waals surface area contributed by atoms with E-state index in [-0.39, 0.29) is 12.5 Å². The summed E-state index contributed by atoms with van der Waals surface area (Å²) in [5.41, 5.74) is 2.22. The van der Waals surface area contributed by atoms with Crippen molar-refractivity contribution in [1.82, 2.24) is 0 Å². The van der Waals surface area contributed by atoms with Crippen molar-refractivity contribution in [3.8, 4) is 0 Å². The Bertz CT molecular complexity index is 609. The SMILES string of the molecule is CC1(c2ccccc2)OCC(=O)Nc2ccccc21. The predicted octanol–water partition coefficient (Wildman–Crippen LogP) is 2.92. The maximum absolute atomic E-state index is 11.7. The van der Waals surface area contributed by atoms with E-state index >= 15 is 0 Å². The Labute approximate surface area is 112 Å². The van der Waals surface area contributed by atoms with Gasteiger partial charge < -0.3 is 10.1 Å². The predicted molar refractivity (Wildman–Crippen MR) is 73.9 cm³/mol. The summed E-state index contributed by atoms with van der Waals surface area (Å²) in [6, 6.07) is 17.7. The fraction of sp³-hybridized carbons (Fsp3) is 0.188. The van der Waals surface area contributed by atoms with Crippen LogP contribution in [0.4, 0.5) is 5.69 Å². The first-order chi connectivity index (χ1) is 9.20. The first-order valence-electron chi connectivity index (χ1n) is 6.29. The van der Waals surface area contributed by atoms with Gasteiger partial charge in [-0.2, -0.15) is 0 Å². The molecule has 2 aromatic carbocycles. The molecule has 1 aliphatic rings. The van der Waals surface area contributed by atoms with E-state index in [0.717, 1.165) is 16.8 Å². The summed E-state index contributed by atoms with van der Waals surface area (Å²) in [5.74, 6) is -0.118. The van der Waals surface area contributed by atoms with Crippen LogP contribution in [0, 0.1) is 0 Å². The van der Waals surface area contributed by atoms with Crippen molar-refractivity contribution >= 4 is 11.6 Å². The second-order valence-corrected chi connectivity index (χ2v) is 4.78. The van der Waals surface area contributed by atoms with Crippen LogP contribution in [0.25, 0.3) is 0 Å². The van der Waals surface area contributed by atoms with Gasteiger partial charge in [-0.15, -0.1) is 0 Å². The Morgan fingerprint density at radius 1 is 1.05 bits per heavy atom. The van der Waals surface area contributed by atoms with Crippen LogP contribution in [0.3, 0.4) is 0 Å². The summed E-state index contributed by atoms with van der Waals surface area (Å²) in [6.45, 7) is 2.06. The van der Waals surface area contributed by atoms with Crippen molar-refractivity contribution in [2.24, 2.45) is 0 Å². The minimum Gasteiger partial charge on any atom is -0.356 e. The number of benzene rings is 2. The minimum absolute atomic E-state index is 0.0556. The Morgan fingerprint density at radius 2 is 1.74 bits per heavy atom. The molecule has 1 atom stereocenters. The first kappa shape index (κ1) is 11.9. The summed E-state index contributed by atoms with van der Waals surface area (Å²) in [6.07, 6.45) is 0. The number of para-hydroxylation sites is 1. The molecule has 3 nitrogen and oxygen atoms in total. The highest BCUT2D eigenvalue weighted by Crippen LogP contribution is 2.38. The molecule has 0 spiro atoms. The second-order valence-electron chi connectivity index (χ2n) is 4.78. The van der Waals surface area contributed by atoms with Gasteiger partial charge in [0.05, 0.1) is 0 Å². The van der Waals surface area contributed by atoms with Gasteiger partial charge in [0.2, 0.25) is 5.91 Å². The van der Waals surface area contributed by atoms with Crippen molar-refractivity contribution in [2.45, 2.75) is 12.5 Å². The van der Waals surface area contributed by atoms with Crippen molar-refractivity contribution < 1.29 is 9.53 Å². The van der Waals surface area contributed by atoms with Crippen molar-refractivity contribution in [2.75, 3.05) is 11.9 Å². The van der Waals surface area contributed by atoms with Gasteiger partial charge in [-0.1, -0.05) is 48.5 Å². The summed E-state index contributed by atoms with van der Waals surface area (Å²) in [5, 5.41) is 2.88. The molecule has 0 aromatic heterocycles. The molecule has 1 heterocycles. The molecule has 1 N–H and O–H groups in total. The van der Waals surface area contributed by atoms with Gasteiger partial charge >= 0.3 is 0 Å². The summed E-state index contributed by atoms with van der Waals surface area (Å²) in [7, 11) is 0. The van der Waals surface area contributed by atoms with Gasteiger partial charge in [-0.05, 0) is 18.6 Å². The maximum atomic E-state index is 11.7. The zero-order valence-electron chi connectivity index (χ0n) is 10.7. The lowest BCUT2D eigenvalue weighted by Crippen LogP contribution is -2.28. The van der Waals surface area contributed by atoms with E-state index in [4.69, 9.17) is 4.74 Å². The number of carbonyl (C=O) groups is 1. The molecule has 96 valence electrons. The Morgan fingerprint density at radius 3 is 2.53 bits per heavy atom. The number of anilines is 1. The van der Waals surface area contributed by atoms with E-state index in [2.05, 4.69) is 5.32 Å².